The Balaban J connectivity index is 1.57. The standard InChI is InChI=1S/C20H17ClN4O/c21-14-5-6-16-13(9-14)11-18(24-16)20(26)25-17-10-12-3-1-2-4-15(12)19(17)23-8-7-22/h1-6,9,11,17,19,23-24H,8,10H2,(H,25,26). The second kappa shape index (κ2) is 6.83. The van der Waals surface area contributed by atoms with Gasteiger partial charge in [0, 0.05) is 15.9 Å². The largest absolute Gasteiger partial charge is 0.351 e. The average molecular weight is 365 g/mol. The van der Waals surface area contributed by atoms with E-state index < -0.39 is 0 Å². The quantitative estimate of drug-likeness (QED) is 0.621. The van der Waals surface area contributed by atoms with Gasteiger partial charge in [-0.1, -0.05) is 35.9 Å². The molecule has 0 saturated carbocycles. The maximum absolute atomic E-state index is 12.8. The number of nitrogens with one attached hydrogen (secondary N) is 3. The molecule has 1 aliphatic rings. The summed E-state index contributed by atoms with van der Waals surface area (Å²) in [6.45, 7) is 0.232. The Morgan fingerprint density at radius 2 is 2.12 bits per heavy atom. The monoisotopic (exact) mass is 364 g/mol. The first-order valence-electron chi connectivity index (χ1n) is 8.43. The summed E-state index contributed by atoms with van der Waals surface area (Å²) >= 11 is 6.02. The molecule has 2 atom stereocenters. The molecule has 0 radical (unpaired) electrons. The van der Waals surface area contributed by atoms with Crippen molar-refractivity contribution in [2.75, 3.05) is 6.54 Å². The molecule has 1 heterocycles. The zero-order valence-corrected chi connectivity index (χ0v) is 14.7. The van der Waals surface area contributed by atoms with Crippen molar-refractivity contribution in [3.05, 3.63) is 70.4 Å². The van der Waals surface area contributed by atoms with E-state index in [1.165, 1.54) is 5.56 Å². The van der Waals surface area contributed by atoms with Gasteiger partial charge in [0.2, 0.25) is 0 Å². The first-order valence-corrected chi connectivity index (χ1v) is 8.81. The fourth-order valence-electron chi connectivity index (χ4n) is 3.61. The van der Waals surface area contributed by atoms with Gasteiger partial charge in [-0.25, -0.2) is 0 Å². The van der Waals surface area contributed by atoms with Crippen LogP contribution in [0.15, 0.2) is 48.5 Å². The van der Waals surface area contributed by atoms with Crippen molar-refractivity contribution in [3.8, 4) is 6.07 Å². The van der Waals surface area contributed by atoms with Gasteiger partial charge in [0.05, 0.1) is 24.7 Å². The molecule has 2 unspecified atom stereocenters. The highest BCUT2D eigenvalue weighted by molar-refractivity contribution is 6.31. The minimum absolute atomic E-state index is 0.0753. The lowest BCUT2D eigenvalue weighted by Crippen LogP contribution is -2.42. The Morgan fingerprint density at radius 3 is 2.96 bits per heavy atom. The molecular formula is C20H17ClN4O. The number of rotatable bonds is 4. The van der Waals surface area contributed by atoms with Crippen LogP contribution in [-0.2, 0) is 6.42 Å². The molecule has 0 spiro atoms. The molecule has 26 heavy (non-hydrogen) atoms. The SMILES string of the molecule is N#CCNC1c2ccccc2CC1NC(=O)c1cc2cc(Cl)ccc2[nH]1. The Kier molecular flexibility index (Phi) is 4.37. The van der Waals surface area contributed by atoms with E-state index in [1.54, 1.807) is 12.1 Å². The average Bonchev–Trinajstić information content (AvgIpc) is 3.20. The minimum atomic E-state index is -0.168. The molecule has 6 heteroatoms. The lowest BCUT2D eigenvalue weighted by atomic mass is 10.1. The predicted octanol–water partition coefficient (Wildman–Crippen LogP) is 3.33. The highest BCUT2D eigenvalue weighted by Crippen LogP contribution is 2.31. The molecule has 5 nitrogen and oxygen atoms in total. The van der Waals surface area contributed by atoms with E-state index in [9.17, 15) is 4.79 Å². The van der Waals surface area contributed by atoms with Crippen LogP contribution in [0.3, 0.4) is 0 Å². The van der Waals surface area contributed by atoms with Gasteiger partial charge in [-0.15, -0.1) is 0 Å². The summed E-state index contributed by atoms with van der Waals surface area (Å²) in [6, 6.07) is 17.3. The van der Waals surface area contributed by atoms with Crippen LogP contribution in [0.4, 0.5) is 0 Å². The van der Waals surface area contributed by atoms with Gasteiger partial charge < -0.3 is 10.3 Å². The normalized spacial score (nSPS) is 18.5. The second-order valence-electron chi connectivity index (χ2n) is 6.41. The number of amides is 1. The van der Waals surface area contributed by atoms with Gasteiger partial charge in [-0.3, -0.25) is 10.1 Å². The molecule has 0 bridgehead atoms. The van der Waals surface area contributed by atoms with Crippen LogP contribution < -0.4 is 10.6 Å². The van der Waals surface area contributed by atoms with E-state index in [2.05, 4.69) is 27.8 Å². The number of hydrogen-bond donors (Lipinski definition) is 3. The maximum atomic E-state index is 12.8. The Morgan fingerprint density at radius 1 is 1.27 bits per heavy atom. The molecule has 1 aromatic heterocycles. The van der Waals surface area contributed by atoms with Gasteiger partial charge in [0.1, 0.15) is 5.69 Å². The number of H-pyrrole nitrogens is 1. The molecule has 1 aliphatic carbocycles. The summed E-state index contributed by atoms with van der Waals surface area (Å²) in [5, 5.41) is 16.8. The number of hydrogen-bond acceptors (Lipinski definition) is 3. The van der Waals surface area contributed by atoms with Crippen molar-refractivity contribution >= 4 is 28.4 Å². The highest BCUT2D eigenvalue weighted by Gasteiger charge is 2.33. The molecule has 0 aliphatic heterocycles. The molecule has 3 aromatic rings. The smallest absolute Gasteiger partial charge is 0.268 e. The van der Waals surface area contributed by atoms with Crippen LogP contribution in [0.1, 0.15) is 27.7 Å². The Labute approximate surface area is 156 Å². The summed E-state index contributed by atoms with van der Waals surface area (Å²) in [5.41, 5.74) is 3.69. The molecule has 4 rings (SSSR count). The predicted molar refractivity (Wildman–Crippen MR) is 101 cm³/mol. The van der Waals surface area contributed by atoms with Crippen molar-refractivity contribution in [2.24, 2.45) is 0 Å². The third-order valence-electron chi connectivity index (χ3n) is 4.78. The topological polar surface area (TPSA) is 80.7 Å². The van der Waals surface area contributed by atoms with Crippen LogP contribution in [0.5, 0.6) is 0 Å². The number of benzene rings is 2. The Hall–Kier alpha value is -2.81. The number of nitrogens with zero attached hydrogens (tertiary/aromatic N) is 1. The minimum Gasteiger partial charge on any atom is -0.351 e. The third-order valence-corrected chi connectivity index (χ3v) is 5.01. The van der Waals surface area contributed by atoms with Crippen LogP contribution in [0.2, 0.25) is 5.02 Å². The lowest BCUT2D eigenvalue weighted by Gasteiger charge is -2.21. The van der Waals surface area contributed by atoms with E-state index in [-0.39, 0.29) is 24.5 Å². The summed E-state index contributed by atoms with van der Waals surface area (Å²) in [6.07, 6.45) is 0.733. The lowest BCUT2D eigenvalue weighted by molar-refractivity contribution is 0.0926. The fraction of sp³-hybridized carbons (Fsp3) is 0.200. The number of halogens is 1. The molecule has 1 amide bonds. The molecule has 130 valence electrons. The van der Waals surface area contributed by atoms with Crippen LogP contribution in [0.25, 0.3) is 10.9 Å². The zero-order chi connectivity index (χ0) is 18.1. The van der Waals surface area contributed by atoms with E-state index in [0.717, 1.165) is 22.9 Å². The highest BCUT2D eigenvalue weighted by atomic mass is 35.5. The van der Waals surface area contributed by atoms with Crippen molar-refractivity contribution in [1.29, 1.82) is 5.26 Å². The first kappa shape index (κ1) is 16.6. The van der Waals surface area contributed by atoms with Crippen molar-refractivity contribution < 1.29 is 4.79 Å². The van der Waals surface area contributed by atoms with Crippen LogP contribution in [0, 0.1) is 11.3 Å². The number of aromatic amines is 1. The molecular weight excluding hydrogens is 348 g/mol. The fourth-order valence-corrected chi connectivity index (χ4v) is 3.79. The van der Waals surface area contributed by atoms with Gasteiger partial charge in [0.15, 0.2) is 0 Å². The molecule has 2 aromatic carbocycles. The number of fused-ring (bicyclic) bond motifs is 2. The van der Waals surface area contributed by atoms with E-state index in [4.69, 9.17) is 16.9 Å². The van der Waals surface area contributed by atoms with Crippen molar-refractivity contribution in [2.45, 2.75) is 18.5 Å². The van der Waals surface area contributed by atoms with Gasteiger partial charge in [-0.2, -0.15) is 5.26 Å². The summed E-state index contributed by atoms with van der Waals surface area (Å²) in [5.74, 6) is -0.168. The van der Waals surface area contributed by atoms with Gasteiger partial charge in [0.25, 0.3) is 5.91 Å². The second-order valence-corrected chi connectivity index (χ2v) is 6.85. The first-order chi connectivity index (χ1) is 12.7. The number of nitriles is 1. The summed E-state index contributed by atoms with van der Waals surface area (Å²) in [7, 11) is 0. The zero-order valence-electron chi connectivity index (χ0n) is 13.9. The van der Waals surface area contributed by atoms with Gasteiger partial charge in [-0.05, 0) is 41.8 Å². The number of carbonyl (C=O) groups is 1. The molecule has 3 N–H and O–H groups in total. The summed E-state index contributed by atoms with van der Waals surface area (Å²) < 4.78 is 0. The van der Waals surface area contributed by atoms with E-state index >= 15 is 0 Å². The number of aromatic nitrogens is 1. The van der Waals surface area contributed by atoms with Gasteiger partial charge >= 0.3 is 0 Å². The maximum Gasteiger partial charge on any atom is 0.268 e. The summed E-state index contributed by atoms with van der Waals surface area (Å²) in [4.78, 5) is 15.9. The Bertz CT molecular complexity index is 1020. The third kappa shape index (κ3) is 3.05. The van der Waals surface area contributed by atoms with E-state index in [0.29, 0.717) is 10.7 Å². The van der Waals surface area contributed by atoms with Crippen molar-refractivity contribution in [1.82, 2.24) is 15.6 Å². The molecule has 0 saturated heterocycles. The van der Waals surface area contributed by atoms with Crippen LogP contribution >= 0.6 is 11.6 Å². The molecule has 0 fully saturated rings. The number of carbonyl (C=O) groups excluding carboxylic acids is 1. The van der Waals surface area contributed by atoms with Crippen molar-refractivity contribution in [3.63, 3.8) is 0 Å². The van der Waals surface area contributed by atoms with E-state index in [1.807, 2.05) is 30.3 Å². The van der Waals surface area contributed by atoms with Crippen LogP contribution in [-0.4, -0.2) is 23.5 Å².